The summed E-state index contributed by atoms with van der Waals surface area (Å²) in [5.74, 6) is 0.675. The maximum absolute atomic E-state index is 12.6. The van der Waals surface area contributed by atoms with Gasteiger partial charge in [-0.3, -0.25) is 0 Å². The Morgan fingerprint density at radius 1 is 1.22 bits per heavy atom. The minimum atomic E-state index is -4.40. The van der Waals surface area contributed by atoms with Gasteiger partial charge in [-0.25, -0.2) is 9.78 Å². The van der Waals surface area contributed by atoms with E-state index >= 15 is 0 Å². The molecule has 0 bridgehead atoms. The molecular formula is C18H18ClF3N4O. The molecule has 1 fully saturated rings. The van der Waals surface area contributed by atoms with Gasteiger partial charge in [0, 0.05) is 37.6 Å². The molecule has 1 N–H and O–H groups in total. The van der Waals surface area contributed by atoms with Crippen molar-refractivity contribution in [3.8, 4) is 0 Å². The first-order valence-electron chi connectivity index (χ1n) is 8.36. The van der Waals surface area contributed by atoms with Gasteiger partial charge in [0.1, 0.15) is 5.82 Å². The van der Waals surface area contributed by atoms with Crippen LogP contribution in [0.5, 0.6) is 0 Å². The lowest BCUT2D eigenvalue weighted by molar-refractivity contribution is -0.137. The molecule has 0 unspecified atom stereocenters. The van der Waals surface area contributed by atoms with Crippen LogP contribution in [-0.4, -0.2) is 41.6 Å². The van der Waals surface area contributed by atoms with E-state index < -0.39 is 11.7 Å². The molecule has 144 valence electrons. The zero-order valence-electron chi connectivity index (χ0n) is 14.5. The first-order chi connectivity index (χ1) is 12.8. The van der Waals surface area contributed by atoms with Crippen LogP contribution < -0.4 is 10.2 Å². The van der Waals surface area contributed by atoms with Gasteiger partial charge in [-0.2, -0.15) is 13.2 Å². The monoisotopic (exact) mass is 398 g/mol. The fourth-order valence-electron chi connectivity index (χ4n) is 3.00. The van der Waals surface area contributed by atoms with Gasteiger partial charge in [0.05, 0.1) is 10.6 Å². The molecule has 1 saturated heterocycles. The molecule has 1 aliphatic rings. The van der Waals surface area contributed by atoms with Crippen LogP contribution in [0.25, 0.3) is 0 Å². The number of carbonyl (C=O) groups excluding carboxylic acids is 1. The molecule has 0 aliphatic carbocycles. The largest absolute Gasteiger partial charge is 0.416 e. The Morgan fingerprint density at radius 2 is 1.93 bits per heavy atom. The van der Waals surface area contributed by atoms with Crippen molar-refractivity contribution in [3.63, 3.8) is 0 Å². The molecule has 1 atom stereocenters. The predicted octanol–water partition coefficient (Wildman–Crippen LogP) is 4.50. The highest BCUT2D eigenvalue weighted by molar-refractivity contribution is 6.32. The second kappa shape index (κ2) is 7.64. The molecule has 0 radical (unpaired) electrons. The third kappa shape index (κ3) is 4.44. The van der Waals surface area contributed by atoms with Crippen LogP contribution in [0.3, 0.4) is 0 Å². The number of nitrogens with zero attached hydrogens (tertiary/aromatic N) is 3. The summed E-state index contributed by atoms with van der Waals surface area (Å²) in [5.41, 5.74) is -0.440. The minimum Gasteiger partial charge on any atom is -0.352 e. The summed E-state index contributed by atoms with van der Waals surface area (Å²) in [5, 5.41) is 3.19. The number of aromatic nitrogens is 1. The molecule has 2 amide bonds. The molecule has 0 spiro atoms. The standard InChI is InChI=1S/C18H18ClF3N4O/c1-12-11-25(16-15(19)3-2-8-23-16)9-10-26(12)17(27)24-14-6-4-13(5-7-14)18(20,21)22/h2-8,12H,9-11H2,1H3,(H,24,27)/t12-/m0/s1. The van der Waals surface area contributed by atoms with Crippen molar-refractivity contribution in [2.24, 2.45) is 0 Å². The second-order valence-corrected chi connectivity index (χ2v) is 6.71. The van der Waals surface area contributed by atoms with E-state index in [1.54, 1.807) is 23.2 Å². The third-order valence-electron chi connectivity index (χ3n) is 4.39. The summed E-state index contributed by atoms with van der Waals surface area (Å²) in [4.78, 5) is 20.4. The summed E-state index contributed by atoms with van der Waals surface area (Å²) in [6, 6.07) is 7.42. The number of hydrogen-bond acceptors (Lipinski definition) is 3. The van der Waals surface area contributed by atoms with Crippen molar-refractivity contribution in [2.45, 2.75) is 19.1 Å². The number of pyridine rings is 1. The van der Waals surface area contributed by atoms with Crippen LogP contribution in [0.15, 0.2) is 42.6 Å². The van der Waals surface area contributed by atoms with Gasteiger partial charge in [0.15, 0.2) is 0 Å². The number of urea groups is 1. The number of amides is 2. The lowest BCUT2D eigenvalue weighted by atomic mass is 10.2. The number of alkyl halides is 3. The average molecular weight is 399 g/mol. The topological polar surface area (TPSA) is 48.5 Å². The highest BCUT2D eigenvalue weighted by Crippen LogP contribution is 2.30. The van der Waals surface area contributed by atoms with E-state index in [4.69, 9.17) is 11.6 Å². The maximum Gasteiger partial charge on any atom is 0.416 e. The lowest BCUT2D eigenvalue weighted by Crippen LogP contribution is -2.55. The Bertz CT molecular complexity index is 813. The number of nitrogens with one attached hydrogen (secondary N) is 1. The van der Waals surface area contributed by atoms with Crippen molar-refractivity contribution in [2.75, 3.05) is 29.9 Å². The van der Waals surface area contributed by atoms with E-state index in [1.807, 2.05) is 11.8 Å². The number of carbonyl (C=O) groups is 1. The van der Waals surface area contributed by atoms with Crippen LogP contribution >= 0.6 is 11.6 Å². The molecule has 0 saturated carbocycles. The molecule has 5 nitrogen and oxygen atoms in total. The zero-order valence-corrected chi connectivity index (χ0v) is 15.3. The van der Waals surface area contributed by atoms with Crippen molar-refractivity contribution in [1.29, 1.82) is 0 Å². The molecule has 1 aromatic carbocycles. The van der Waals surface area contributed by atoms with Crippen molar-refractivity contribution < 1.29 is 18.0 Å². The van der Waals surface area contributed by atoms with E-state index in [0.717, 1.165) is 12.1 Å². The zero-order chi connectivity index (χ0) is 19.6. The number of halogens is 4. The molecule has 9 heteroatoms. The van der Waals surface area contributed by atoms with Crippen molar-refractivity contribution in [1.82, 2.24) is 9.88 Å². The van der Waals surface area contributed by atoms with Gasteiger partial charge < -0.3 is 15.1 Å². The quantitative estimate of drug-likeness (QED) is 0.810. The molecule has 2 aromatic rings. The van der Waals surface area contributed by atoms with Gasteiger partial charge in [-0.1, -0.05) is 11.6 Å². The van der Waals surface area contributed by atoms with Gasteiger partial charge in [0.2, 0.25) is 0 Å². The summed E-state index contributed by atoms with van der Waals surface area (Å²) in [6.07, 6.45) is -2.74. The summed E-state index contributed by atoms with van der Waals surface area (Å²) in [7, 11) is 0. The number of rotatable bonds is 2. The normalized spacial score (nSPS) is 17.7. The molecule has 1 aliphatic heterocycles. The summed E-state index contributed by atoms with van der Waals surface area (Å²) in [6.45, 7) is 3.45. The number of anilines is 2. The number of piperazine rings is 1. The van der Waals surface area contributed by atoms with Crippen LogP contribution in [0.1, 0.15) is 12.5 Å². The highest BCUT2D eigenvalue weighted by Gasteiger charge is 2.31. The van der Waals surface area contributed by atoms with Crippen LogP contribution in [-0.2, 0) is 6.18 Å². The van der Waals surface area contributed by atoms with E-state index in [2.05, 4.69) is 10.3 Å². The number of benzene rings is 1. The summed E-state index contributed by atoms with van der Waals surface area (Å²) < 4.78 is 37.8. The van der Waals surface area contributed by atoms with Gasteiger partial charge >= 0.3 is 12.2 Å². The van der Waals surface area contributed by atoms with E-state index in [-0.39, 0.29) is 12.1 Å². The Hall–Kier alpha value is -2.48. The van der Waals surface area contributed by atoms with Crippen molar-refractivity contribution >= 4 is 29.1 Å². The first kappa shape index (κ1) is 19.3. The Balaban J connectivity index is 1.62. The first-order valence-corrected chi connectivity index (χ1v) is 8.74. The lowest BCUT2D eigenvalue weighted by Gasteiger charge is -2.40. The predicted molar refractivity (Wildman–Crippen MR) is 98.1 cm³/mol. The Morgan fingerprint density at radius 3 is 2.52 bits per heavy atom. The van der Waals surface area contributed by atoms with Gasteiger partial charge in [-0.15, -0.1) is 0 Å². The van der Waals surface area contributed by atoms with Crippen LogP contribution in [0.4, 0.5) is 29.5 Å². The molecule has 1 aromatic heterocycles. The fraction of sp³-hybridized carbons (Fsp3) is 0.333. The fourth-order valence-corrected chi connectivity index (χ4v) is 3.24. The highest BCUT2D eigenvalue weighted by atomic mass is 35.5. The van der Waals surface area contributed by atoms with Gasteiger partial charge in [-0.05, 0) is 43.3 Å². The van der Waals surface area contributed by atoms with Crippen LogP contribution in [0.2, 0.25) is 5.02 Å². The minimum absolute atomic E-state index is 0.119. The Kier molecular flexibility index (Phi) is 5.46. The number of hydrogen-bond donors (Lipinski definition) is 1. The second-order valence-electron chi connectivity index (χ2n) is 6.30. The van der Waals surface area contributed by atoms with E-state index in [1.165, 1.54) is 12.1 Å². The third-order valence-corrected chi connectivity index (χ3v) is 4.69. The van der Waals surface area contributed by atoms with E-state index in [0.29, 0.717) is 36.2 Å². The SMILES string of the molecule is C[C@H]1CN(c2ncccc2Cl)CCN1C(=O)Nc1ccc(C(F)(F)F)cc1. The smallest absolute Gasteiger partial charge is 0.352 e. The van der Waals surface area contributed by atoms with Gasteiger partial charge in [0.25, 0.3) is 0 Å². The Labute approximate surface area is 159 Å². The summed E-state index contributed by atoms with van der Waals surface area (Å²) >= 11 is 6.18. The maximum atomic E-state index is 12.6. The molecule has 27 heavy (non-hydrogen) atoms. The molecule has 2 heterocycles. The molecular weight excluding hydrogens is 381 g/mol. The van der Waals surface area contributed by atoms with E-state index in [9.17, 15) is 18.0 Å². The average Bonchev–Trinajstić information content (AvgIpc) is 2.61. The van der Waals surface area contributed by atoms with Crippen molar-refractivity contribution in [3.05, 3.63) is 53.2 Å². The molecule has 3 rings (SSSR count). The van der Waals surface area contributed by atoms with Crippen LogP contribution in [0, 0.1) is 0 Å².